The molecule has 2 aliphatic rings. The number of methoxy groups -OCH3 is 1. The number of carbonyl (C=O) groups is 2. The second-order valence-electron chi connectivity index (χ2n) is 8.11. The third-order valence-corrected chi connectivity index (χ3v) is 5.85. The number of ketones is 1. The summed E-state index contributed by atoms with van der Waals surface area (Å²) in [6.45, 7) is 4.01. The van der Waals surface area contributed by atoms with Gasteiger partial charge in [-0.3, -0.25) is 9.59 Å². The molecular formula is C26H29NO7. The molecule has 2 aliphatic heterocycles. The van der Waals surface area contributed by atoms with Gasteiger partial charge in [0.25, 0.3) is 11.7 Å². The molecule has 2 heterocycles. The van der Waals surface area contributed by atoms with Gasteiger partial charge < -0.3 is 29.0 Å². The van der Waals surface area contributed by atoms with Gasteiger partial charge in [0.2, 0.25) is 0 Å². The van der Waals surface area contributed by atoms with Crippen molar-refractivity contribution in [2.45, 2.75) is 25.8 Å². The zero-order valence-corrected chi connectivity index (χ0v) is 19.4. The fraction of sp³-hybridized carbons (Fsp3) is 0.385. The van der Waals surface area contributed by atoms with E-state index in [1.165, 1.54) is 12.0 Å². The van der Waals surface area contributed by atoms with Crippen LogP contribution in [0, 0.1) is 0 Å². The van der Waals surface area contributed by atoms with Crippen LogP contribution in [0.15, 0.2) is 48.0 Å². The molecule has 8 heteroatoms. The lowest BCUT2D eigenvalue weighted by Gasteiger charge is -2.25. The van der Waals surface area contributed by atoms with Gasteiger partial charge in [-0.05, 0) is 42.3 Å². The molecule has 1 unspecified atom stereocenters. The predicted octanol–water partition coefficient (Wildman–Crippen LogP) is 3.70. The highest BCUT2D eigenvalue weighted by Crippen LogP contribution is 2.41. The summed E-state index contributed by atoms with van der Waals surface area (Å²) in [6, 6.07) is 11.4. The van der Waals surface area contributed by atoms with Crippen LogP contribution in [-0.4, -0.2) is 61.8 Å². The van der Waals surface area contributed by atoms with E-state index in [2.05, 4.69) is 6.92 Å². The molecule has 0 bridgehead atoms. The van der Waals surface area contributed by atoms with Crippen molar-refractivity contribution in [3.05, 3.63) is 59.2 Å². The van der Waals surface area contributed by atoms with Crippen molar-refractivity contribution in [3.8, 4) is 17.2 Å². The molecule has 1 saturated heterocycles. The molecule has 1 amide bonds. The zero-order valence-electron chi connectivity index (χ0n) is 19.4. The minimum atomic E-state index is -0.756. The van der Waals surface area contributed by atoms with Gasteiger partial charge in [-0.1, -0.05) is 25.5 Å². The Morgan fingerprint density at radius 3 is 2.50 bits per heavy atom. The summed E-state index contributed by atoms with van der Waals surface area (Å²) < 4.78 is 22.0. The summed E-state index contributed by atoms with van der Waals surface area (Å²) in [6.07, 6.45) is 1.99. The Hall–Kier alpha value is -3.52. The molecular weight excluding hydrogens is 438 g/mol. The van der Waals surface area contributed by atoms with E-state index < -0.39 is 17.7 Å². The SMILES string of the molecule is CCCCOc1ccc(C2C(=C(O)c3ccc4c(c3)OCCO4)C(=O)C(=O)N2CCOC)cc1. The highest BCUT2D eigenvalue weighted by atomic mass is 16.6. The van der Waals surface area contributed by atoms with E-state index in [-0.39, 0.29) is 24.5 Å². The first-order valence-electron chi connectivity index (χ1n) is 11.4. The molecule has 0 aliphatic carbocycles. The molecule has 34 heavy (non-hydrogen) atoms. The number of fused-ring (bicyclic) bond motifs is 1. The van der Waals surface area contributed by atoms with E-state index in [9.17, 15) is 14.7 Å². The van der Waals surface area contributed by atoms with Crippen molar-refractivity contribution in [1.82, 2.24) is 4.90 Å². The minimum absolute atomic E-state index is 0.0254. The van der Waals surface area contributed by atoms with Crippen LogP contribution in [0.4, 0.5) is 0 Å². The third kappa shape index (κ3) is 4.72. The van der Waals surface area contributed by atoms with Gasteiger partial charge in [0.15, 0.2) is 11.5 Å². The second-order valence-corrected chi connectivity index (χ2v) is 8.11. The average Bonchev–Trinajstić information content (AvgIpc) is 3.12. The number of nitrogens with zero attached hydrogens (tertiary/aromatic N) is 1. The number of ether oxygens (including phenoxy) is 4. The Bertz CT molecular complexity index is 1080. The standard InChI is InChI=1S/C26H29NO7/c1-3-4-12-32-19-8-5-17(6-9-19)23-22(25(29)26(30)27(23)11-13-31-2)24(28)18-7-10-20-21(16-18)34-15-14-33-20/h5-10,16,23,28H,3-4,11-15H2,1-2H3. The van der Waals surface area contributed by atoms with Crippen molar-refractivity contribution in [1.29, 1.82) is 0 Å². The molecule has 1 fully saturated rings. The van der Waals surface area contributed by atoms with Crippen molar-refractivity contribution in [2.75, 3.05) is 40.1 Å². The topological polar surface area (TPSA) is 94.5 Å². The summed E-state index contributed by atoms with van der Waals surface area (Å²) in [5.41, 5.74) is 1.09. The Morgan fingerprint density at radius 1 is 1.06 bits per heavy atom. The van der Waals surface area contributed by atoms with E-state index in [0.717, 1.165) is 12.8 Å². The number of hydrogen-bond donors (Lipinski definition) is 1. The molecule has 1 N–H and O–H groups in total. The number of rotatable bonds is 9. The van der Waals surface area contributed by atoms with Crippen LogP contribution in [0.1, 0.15) is 36.9 Å². The normalized spacial score (nSPS) is 18.9. The number of aliphatic hydroxyl groups is 1. The number of benzene rings is 2. The molecule has 2 aromatic rings. The van der Waals surface area contributed by atoms with E-state index in [4.69, 9.17) is 18.9 Å². The fourth-order valence-corrected chi connectivity index (χ4v) is 4.07. The average molecular weight is 468 g/mol. The number of amides is 1. The Labute approximate surface area is 198 Å². The maximum absolute atomic E-state index is 13.1. The predicted molar refractivity (Wildman–Crippen MR) is 125 cm³/mol. The molecule has 8 nitrogen and oxygen atoms in total. The highest BCUT2D eigenvalue weighted by Gasteiger charge is 2.46. The van der Waals surface area contributed by atoms with Crippen molar-refractivity contribution >= 4 is 17.4 Å². The van der Waals surface area contributed by atoms with E-state index in [1.807, 2.05) is 24.3 Å². The number of unbranched alkanes of at least 4 members (excludes halogenated alkanes) is 1. The summed E-state index contributed by atoms with van der Waals surface area (Å²) in [5, 5.41) is 11.2. The van der Waals surface area contributed by atoms with Gasteiger partial charge in [0, 0.05) is 19.2 Å². The largest absolute Gasteiger partial charge is 0.507 e. The molecule has 180 valence electrons. The number of Topliss-reactive ketones (excluding diaryl/α,β-unsaturated/α-hetero) is 1. The maximum Gasteiger partial charge on any atom is 0.295 e. The maximum atomic E-state index is 13.1. The molecule has 4 rings (SSSR count). The van der Waals surface area contributed by atoms with Crippen LogP contribution in [0.25, 0.3) is 5.76 Å². The van der Waals surface area contributed by atoms with Crippen LogP contribution in [0.5, 0.6) is 17.2 Å². The molecule has 0 aromatic heterocycles. The Balaban J connectivity index is 1.73. The lowest BCUT2D eigenvalue weighted by molar-refractivity contribution is -0.140. The Kier molecular flexibility index (Phi) is 7.37. The van der Waals surface area contributed by atoms with Gasteiger partial charge in [-0.15, -0.1) is 0 Å². The zero-order chi connectivity index (χ0) is 24.1. The lowest BCUT2D eigenvalue weighted by atomic mass is 9.95. The number of aliphatic hydroxyl groups excluding tert-OH is 1. The first-order valence-corrected chi connectivity index (χ1v) is 11.4. The Morgan fingerprint density at radius 2 is 1.79 bits per heavy atom. The van der Waals surface area contributed by atoms with Crippen molar-refractivity contribution < 1.29 is 33.6 Å². The first kappa shape index (κ1) is 23.6. The van der Waals surface area contributed by atoms with Crippen LogP contribution in [0.3, 0.4) is 0 Å². The van der Waals surface area contributed by atoms with Gasteiger partial charge >= 0.3 is 0 Å². The van der Waals surface area contributed by atoms with Gasteiger partial charge in [-0.2, -0.15) is 0 Å². The summed E-state index contributed by atoms with van der Waals surface area (Å²) >= 11 is 0. The summed E-state index contributed by atoms with van der Waals surface area (Å²) in [4.78, 5) is 27.4. The number of likely N-dealkylation sites (tertiary alicyclic amines) is 1. The van der Waals surface area contributed by atoms with Gasteiger partial charge in [-0.25, -0.2) is 0 Å². The van der Waals surface area contributed by atoms with Crippen molar-refractivity contribution in [2.24, 2.45) is 0 Å². The second kappa shape index (κ2) is 10.6. The number of hydrogen-bond acceptors (Lipinski definition) is 7. The monoisotopic (exact) mass is 467 g/mol. The summed E-state index contributed by atoms with van der Waals surface area (Å²) in [7, 11) is 1.53. The molecule has 0 saturated carbocycles. The van der Waals surface area contributed by atoms with E-state index >= 15 is 0 Å². The van der Waals surface area contributed by atoms with Crippen LogP contribution < -0.4 is 14.2 Å². The quantitative estimate of drug-likeness (QED) is 0.260. The molecule has 2 aromatic carbocycles. The van der Waals surface area contributed by atoms with Gasteiger partial charge in [0.05, 0.1) is 24.8 Å². The van der Waals surface area contributed by atoms with Gasteiger partial charge in [0.1, 0.15) is 24.7 Å². The third-order valence-electron chi connectivity index (χ3n) is 5.85. The fourth-order valence-electron chi connectivity index (χ4n) is 4.07. The number of carbonyl (C=O) groups excluding carboxylic acids is 2. The summed E-state index contributed by atoms with van der Waals surface area (Å²) in [5.74, 6) is 0.0789. The highest BCUT2D eigenvalue weighted by molar-refractivity contribution is 6.46. The lowest BCUT2D eigenvalue weighted by Crippen LogP contribution is -2.32. The van der Waals surface area contributed by atoms with Crippen LogP contribution >= 0.6 is 0 Å². The smallest absolute Gasteiger partial charge is 0.295 e. The van der Waals surface area contributed by atoms with E-state index in [0.29, 0.717) is 48.2 Å². The van der Waals surface area contributed by atoms with Crippen LogP contribution in [-0.2, 0) is 14.3 Å². The minimum Gasteiger partial charge on any atom is -0.507 e. The van der Waals surface area contributed by atoms with E-state index in [1.54, 1.807) is 18.2 Å². The molecule has 0 spiro atoms. The molecule has 0 radical (unpaired) electrons. The first-order chi connectivity index (χ1) is 16.5. The van der Waals surface area contributed by atoms with Crippen molar-refractivity contribution in [3.63, 3.8) is 0 Å². The molecule has 1 atom stereocenters. The van der Waals surface area contributed by atoms with Crippen LogP contribution in [0.2, 0.25) is 0 Å².